The maximum atomic E-state index is 12.5. The van der Waals surface area contributed by atoms with Gasteiger partial charge in [-0.15, -0.1) is 0 Å². The molecule has 0 aliphatic heterocycles. The van der Waals surface area contributed by atoms with Crippen molar-refractivity contribution in [2.45, 2.75) is 26.8 Å². The molecule has 20 heavy (non-hydrogen) atoms. The number of nitrogen functional groups attached to an aromatic ring is 1. The van der Waals surface area contributed by atoms with E-state index in [9.17, 15) is 4.79 Å². The van der Waals surface area contributed by atoms with Gasteiger partial charge in [0.1, 0.15) is 5.76 Å². The standard InChI is InChI=1S/C16H20N2O2/c1-3-15-14(9-10-20-15)16(19)18(4-2)11-12-5-7-13(17)8-6-12/h5-10H,3-4,11,17H2,1-2H3. The Kier molecular flexibility index (Phi) is 4.45. The number of furan rings is 1. The summed E-state index contributed by atoms with van der Waals surface area (Å²) in [7, 11) is 0. The second kappa shape index (κ2) is 6.28. The summed E-state index contributed by atoms with van der Waals surface area (Å²) in [6, 6.07) is 9.33. The number of rotatable bonds is 5. The van der Waals surface area contributed by atoms with Crippen LogP contribution in [0.3, 0.4) is 0 Å². The van der Waals surface area contributed by atoms with Crippen LogP contribution in [0.4, 0.5) is 5.69 Å². The second-order valence-electron chi connectivity index (χ2n) is 4.67. The Labute approximate surface area is 119 Å². The van der Waals surface area contributed by atoms with Gasteiger partial charge in [-0.05, 0) is 30.7 Å². The monoisotopic (exact) mass is 272 g/mol. The third kappa shape index (κ3) is 3.02. The smallest absolute Gasteiger partial charge is 0.257 e. The van der Waals surface area contributed by atoms with E-state index in [-0.39, 0.29) is 5.91 Å². The van der Waals surface area contributed by atoms with Crippen LogP contribution in [0.25, 0.3) is 0 Å². The van der Waals surface area contributed by atoms with Gasteiger partial charge in [-0.2, -0.15) is 0 Å². The highest BCUT2D eigenvalue weighted by atomic mass is 16.3. The zero-order chi connectivity index (χ0) is 14.5. The molecule has 2 N–H and O–H groups in total. The number of carbonyl (C=O) groups excluding carboxylic acids is 1. The molecule has 1 heterocycles. The molecule has 0 saturated heterocycles. The summed E-state index contributed by atoms with van der Waals surface area (Å²) in [6.07, 6.45) is 2.29. The van der Waals surface area contributed by atoms with Crippen molar-refractivity contribution in [2.24, 2.45) is 0 Å². The summed E-state index contributed by atoms with van der Waals surface area (Å²) in [5, 5.41) is 0. The summed E-state index contributed by atoms with van der Waals surface area (Å²) >= 11 is 0. The van der Waals surface area contributed by atoms with Crippen LogP contribution in [0.1, 0.15) is 35.5 Å². The molecular formula is C16H20N2O2. The van der Waals surface area contributed by atoms with Crippen molar-refractivity contribution in [3.8, 4) is 0 Å². The molecule has 0 aliphatic carbocycles. The number of benzene rings is 1. The van der Waals surface area contributed by atoms with Crippen LogP contribution in [-0.2, 0) is 13.0 Å². The number of carbonyl (C=O) groups is 1. The lowest BCUT2D eigenvalue weighted by molar-refractivity contribution is 0.0750. The molecule has 0 aliphatic rings. The predicted molar refractivity (Wildman–Crippen MR) is 79.4 cm³/mol. The van der Waals surface area contributed by atoms with E-state index in [4.69, 9.17) is 10.2 Å². The molecule has 106 valence electrons. The number of anilines is 1. The number of nitrogens with zero attached hydrogens (tertiary/aromatic N) is 1. The lowest BCUT2D eigenvalue weighted by atomic mass is 10.1. The van der Waals surface area contributed by atoms with Gasteiger partial charge in [-0.3, -0.25) is 4.79 Å². The number of amides is 1. The first-order valence-corrected chi connectivity index (χ1v) is 6.85. The summed E-state index contributed by atoms with van der Waals surface area (Å²) in [5.74, 6) is 0.751. The molecule has 0 radical (unpaired) electrons. The van der Waals surface area contributed by atoms with Gasteiger partial charge in [0.2, 0.25) is 0 Å². The van der Waals surface area contributed by atoms with E-state index in [1.165, 1.54) is 0 Å². The normalized spacial score (nSPS) is 10.5. The Bertz CT molecular complexity index is 572. The molecule has 0 saturated carbocycles. The van der Waals surface area contributed by atoms with Crippen molar-refractivity contribution in [1.29, 1.82) is 0 Å². The number of nitrogens with two attached hydrogens (primary N) is 1. The fourth-order valence-electron chi connectivity index (χ4n) is 2.15. The molecule has 1 aromatic carbocycles. The third-order valence-electron chi connectivity index (χ3n) is 3.32. The molecule has 2 aromatic rings. The van der Waals surface area contributed by atoms with Gasteiger partial charge >= 0.3 is 0 Å². The third-order valence-corrected chi connectivity index (χ3v) is 3.32. The topological polar surface area (TPSA) is 59.5 Å². The Morgan fingerprint density at radius 2 is 1.90 bits per heavy atom. The van der Waals surface area contributed by atoms with Crippen molar-refractivity contribution in [3.63, 3.8) is 0 Å². The minimum Gasteiger partial charge on any atom is -0.469 e. The molecule has 4 heteroatoms. The number of hydrogen-bond donors (Lipinski definition) is 1. The van der Waals surface area contributed by atoms with Gasteiger partial charge in [-0.25, -0.2) is 0 Å². The average molecular weight is 272 g/mol. The van der Waals surface area contributed by atoms with Crippen LogP contribution in [-0.4, -0.2) is 17.4 Å². The van der Waals surface area contributed by atoms with Crippen molar-refractivity contribution < 1.29 is 9.21 Å². The maximum absolute atomic E-state index is 12.5. The quantitative estimate of drug-likeness (QED) is 0.851. The highest BCUT2D eigenvalue weighted by Gasteiger charge is 2.19. The van der Waals surface area contributed by atoms with Gasteiger partial charge in [0, 0.05) is 25.2 Å². The van der Waals surface area contributed by atoms with Crippen molar-refractivity contribution in [2.75, 3.05) is 12.3 Å². The Morgan fingerprint density at radius 3 is 2.50 bits per heavy atom. The van der Waals surface area contributed by atoms with E-state index >= 15 is 0 Å². The first-order valence-electron chi connectivity index (χ1n) is 6.85. The molecule has 0 unspecified atom stereocenters. The van der Waals surface area contributed by atoms with Crippen molar-refractivity contribution in [3.05, 3.63) is 53.5 Å². The second-order valence-corrected chi connectivity index (χ2v) is 4.67. The average Bonchev–Trinajstić information content (AvgIpc) is 2.94. The van der Waals surface area contributed by atoms with E-state index in [0.717, 1.165) is 17.0 Å². The van der Waals surface area contributed by atoms with Crippen LogP contribution in [0, 0.1) is 0 Å². The minimum atomic E-state index is 0.00919. The van der Waals surface area contributed by atoms with Crippen LogP contribution < -0.4 is 5.73 Å². The highest BCUT2D eigenvalue weighted by Crippen LogP contribution is 2.16. The van der Waals surface area contributed by atoms with Gasteiger partial charge in [-0.1, -0.05) is 19.1 Å². The van der Waals surface area contributed by atoms with Crippen LogP contribution in [0.5, 0.6) is 0 Å². The Morgan fingerprint density at radius 1 is 1.20 bits per heavy atom. The SMILES string of the molecule is CCc1occc1C(=O)N(CC)Cc1ccc(N)cc1. The molecule has 2 rings (SSSR count). The fourth-order valence-corrected chi connectivity index (χ4v) is 2.15. The molecule has 0 bridgehead atoms. The summed E-state index contributed by atoms with van der Waals surface area (Å²) in [5.41, 5.74) is 8.12. The van der Waals surface area contributed by atoms with E-state index in [1.807, 2.05) is 38.1 Å². The van der Waals surface area contributed by atoms with E-state index in [0.29, 0.717) is 25.1 Å². The Balaban J connectivity index is 2.15. The molecule has 4 nitrogen and oxygen atoms in total. The van der Waals surface area contributed by atoms with E-state index < -0.39 is 0 Å². The van der Waals surface area contributed by atoms with E-state index in [2.05, 4.69) is 0 Å². The minimum absolute atomic E-state index is 0.00919. The van der Waals surface area contributed by atoms with Gasteiger partial charge in [0.15, 0.2) is 0 Å². The highest BCUT2D eigenvalue weighted by molar-refractivity contribution is 5.95. The van der Waals surface area contributed by atoms with Gasteiger partial charge in [0.25, 0.3) is 5.91 Å². The largest absolute Gasteiger partial charge is 0.469 e. The lowest BCUT2D eigenvalue weighted by Crippen LogP contribution is -2.30. The van der Waals surface area contributed by atoms with Crippen LogP contribution in [0.15, 0.2) is 41.0 Å². The van der Waals surface area contributed by atoms with E-state index in [1.54, 1.807) is 17.2 Å². The van der Waals surface area contributed by atoms with Crippen molar-refractivity contribution >= 4 is 11.6 Å². The molecule has 0 fully saturated rings. The number of hydrogen-bond acceptors (Lipinski definition) is 3. The van der Waals surface area contributed by atoms with Crippen LogP contribution >= 0.6 is 0 Å². The fraction of sp³-hybridized carbons (Fsp3) is 0.312. The summed E-state index contributed by atoms with van der Waals surface area (Å²) in [4.78, 5) is 14.3. The molecule has 1 aromatic heterocycles. The van der Waals surface area contributed by atoms with Gasteiger partial charge < -0.3 is 15.1 Å². The predicted octanol–water partition coefficient (Wildman–Crippen LogP) is 3.09. The summed E-state index contributed by atoms with van der Waals surface area (Å²) < 4.78 is 5.33. The first-order chi connectivity index (χ1) is 9.65. The zero-order valence-electron chi connectivity index (χ0n) is 11.9. The molecule has 0 atom stereocenters. The van der Waals surface area contributed by atoms with Gasteiger partial charge in [0.05, 0.1) is 11.8 Å². The lowest BCUT2D eigenvalue weighted by Gasteiger charge is -2.21. The molecule has 1 amide bonds. The maximum Gasteiger partial charge on any atom is 0.257 e. The molecular weight excluding hydrogens is 252 g/mol. The zero-order valence-corrected chi connectivity index (χ0v) is 11.9. The van der Waals surface area contributed by atoms with Crippen molar-refractivity contribution in [1.82, 2.24) is 4.90 Å². The van der Waals surface area contributed by atoms with Crippen LogP contribution in [0.2, 0.25) is 0 Å². The first kappa shape index (κ1) is 14.2. The summed E-state index contributed by atoms with van der Waals surface area (Å²) in [6.45, 7) is 5.17. The molecule has 0 spiro atoms. The number of aryl methyl sites for hydroxylation is 1. The Hall–Kier alpha value is -2.23.